The number of halogens is 1. The lowest BCUT2D eigenvalue weighted by Crippen LogP contribution is -2.09. The summed E-state index contributed by atoms with van der Waals surface area (Å²) in [6, 6.07) is 7.78. The molecule has 1 aromatic heterocycles. The number of anilines is 1. The molecule has 1 saturated carbocycles. The number of nitrogens with one attached hydrogen (secondary N) is 1. The predicted octanol–water partition coefficient (Wildman–Crippen LogP) is 4.18. The van der Waals surface area contributed by atoms with Crippen molar-refractivity contribution in [2.45, 2.75) is 18.1 Å². The van der Waals surface area contributed by atoms with Crippen LogP contribution >= 0.6 is 23.4 Å². The summed E-state index contributed by atoms with van der Waals surface area (Å²) in [5.41, 5.74) is 1.88. The summed E-state index contributed by atoms with van der Waals surface area (Å²) in [6.45, 7) is 0.941. The largest absolute Gasteiger partial charge is 0.333 e. The van der Waals surface area contributed by atoms with Crippen molar-refractivity contribution < 1.29 is 0 Å². The minimum Gasteiger partial charge on any atom is -0.333 e. The van der Waals surface area contributed by atoms with Gasteiger partial charge in [0.05, 0.1) is 22.8 Å². The highest BCUT2D eigenvalue weighted by atomic mass is 35.5. The van der Waals surface area contributed by atoms with Gasteiger partial charge < -0.3 is 5.32 Å². The Morgan fingerprint density at radius 2 is 2.15 bits per heavy atom. The Kier molecular flexibility index (Phi) is 3.08. The number of pyridine rings is 1. The van der Waals surface area contributed by atoms with Gasteiger partial charge in [-0.1, -0.05) is 23.4 Å². The van der Waals surface area contributed by atoms with Gasteiger partial charge in [0.1, 0.15) is 0 Å². The number of benzene rings is 1. The molecule has 5 heteroatoms. The van der Waals surface area contributed by atoms with Gasteiger partial charge >= 0.3 is 0 Å². The van der Waals surface area contributed by atoms with E-state index in [2.05, 4.69) is 15.3 Å². The number of nitrogens with zero attached hydrogens (tertiary/aromatic N) is 2. The maximum absolute atomic E-state index is 6.22. The van der Waals surface area contributed by atoms with Crippen LogP contribution in [0.5, 0.6) is 0 Å². The fourth-order valence-corrected chi connectivity index (χ4v) is 3.96. The first-order chi connectivity index (χ1) is 9.81. The van der Waals surface area contributed by atoms with Crippen LogP contribution in [0.3, 0.4) is 0 Å². The number of fused-ring (bicyclic) bond motifs is 1. The standard InChI is InChI=1S/C15H14ClN3S/c16-11-5-6-12(14-10(11)2-1-7-17-14)19-15-18-8-13(20-15)9-3-4-9/h1-2,5-7,9,13H,3-4,8H2,(H,18,19). The minimum atomic E-state index is 0.670. The molecule has 1 aromatic carbocycles. The second kappa shape index (κ2) is 4.93. The molecule has 4 rings (SSSR count). The van der Waals surface area contributed by atoms with Crippen molar-refractivity contribution in [2.24, 2.45) is 10.9 Å². The average Bonchev–Trinajstić information content (AvgIpc) is 3.23. The van der Waals surface area contributed by atoms with E-state index in [4.69, 9.17) is 11.6 Å². The molecule has 1 aliphatic carbocycles. The molecular weight excluding hydrogens is 290 g/mol. The van der Waals surface area contributed by atoms with Crippen LogP contribution in [0.4, 0.5) is 5.69 Å². The van der Waals surface area contributed by atoms with Crippen LogP contribution < -0.4 is 5.32 Å². The molecule has 1 atom stereocenters. The Morgan fingerprint density at radius 3 is 3.00 bits per heavy atom. The summed E-state index contributed by atoms with van der Waals surface area (Å²) in [4.78, 5) is 9.05. The number of aromatic nitrogens is 1. The highest BCUT2D eigenvalue weighted by Gasteiger charge is 2.35. The van der Waals surface area contributed by atoms with Crippen LogP contribution in [0.15, 0.2) is 35.5 Å². The van der Waals surface area contributed by atoms with Crippen LogP contribution in [-0.2, 0) is 0 Å². The van der Waals surface area contributed by atoms with Crippen LogP contribution in [0.1, 0.15) is 12.8 Å². The molecule has 0 spiro atoms. The number of hydrogen-bond donors (Lipinski definition) is 1. The molecule has 0 radical (unpaired) electrons. The monoisotopic (exact) mass is 303 g/mol. The van der Waals surface area contributed by atoms with E-state index in [-0.39, 0.29) is 0 Å². The molecule has 20 heavy (non-hydrogen) atoms. The van der Waals surface area contributed by atoms with Gasteiger partial charge in [0, 0.05) is 16.8 Å². The molecule has 1 N–H and O–H groups in total. The first-order valence-electron chi connectivity index (χ1n) is 6.82. The molecule has 1 fully saturated rings. The molecule has 1 unspecified atom stereocenters. The third-order valence-electron chi connectivity index (χ3n) is 3.78. The first-order valence-corrected chi connectivity index (χ1v) is 8.08. The van der Waals surface area contributed by atoms with Crippen molar-refractivity contribution in [3.63, 3.8) is 0 Å². The average molecular weight is 304 g/mol. The lowest BCUT2D eigenvalue weighted by Gasteiger charge is -2.10. The molecule has 0 saturated heterocycles. The Balaban J connectivity index is 1.61. The van der Waals surface area contributed by atoms with Crippen LogP contribution in [-0.4, -0.2) is 21.9 Å². The maximum atomic E-state index is 6.22. The zero-order valence-electron chi connectivity index (χ0n) is 10.8. The van der Waals surface area contributed by atoms with Gasteiger partial charge in [-0.15, -0.1) is 0 Å². The lowest BCUT2D eigenvalue weighted by molar-refractivity contribution is 0.773. The molecule has 2 heterocycles. The Hall–Kier alpha value is -1.26. The van der Waals surface area contributed by atoms with Gasteiger partial charge in [-0.2, -0.15) is 0 Å². The number of amidine groups is 1. The Morgan fingerprint density at radius 1 is 1.25 bits per heavy atom. The molecule has 3 nitrogen and oxygen atoms in total. The smallest absolute Gasteiger partial charge is 0.161 e. The normalized spacial score (nSPS) is 22.1. The third kappa shape index (κ3) is 2.27. The Bertz CT molecular complexity index is 697. The molecule has 102 valence electrons. The van der Waals surface area contributed by atoms with Crippen molar-refractivity contribution in [1.29, 1.82) is 0 Å². The van der Waals surface area contributed by atoms with Crippen LogP contribution in [0.2, 0.25) is 5.02 Å². The SMILES string of the molecule is Clc1ccc(NC2=NCC(C3CC3)S2)c2ncccc12. The van der Waals surface area contributed by atoms with E-state index in [0.717, 1.165) is 39.2 Å². The van der Waals surface area contributed by atoms with E-state index >= 15 is 0 Å². The Labute approximate surface area is 126 Å². The van der Waals surface area contributed by atoms with Gasteiger partial charge in [-0.3, -0.25) is 9.98 Å². The molecular formula is C15H14ClN3S. The molecule has 1 aliphatic heterocycles. The zero-order chi connectivity index (χ0) is 13.5. The summed E-state index contributed by atoms with van der Waals surface area (Å²) < 4.78 is 0. The summed E-state index contributed by atoms with van der Waals surface area (Å²) >= 11 is 8.08. The number of hydrogen-bond acceptors (Lipinski definition) is 4. The fourth-order valence-electron chi connectivity index (χ4n) is 2.53. The fraction of sp³-hybridized carbons (Fsp3) is 0.333. The second-order valence-corrected chi connectivity index (χ2v) is 6.89. The zero-order valence-corrected chi connectivity index (χ0v) is 12.4. The summed E-state index contributed by atoms with van der Waals surface area (Å²) in [5, 5.41) is 6.80. The van der Waals surface area contributed by atoms with Crippen molar-refractivity contribution in [3.8, 4) is 0 Å². The van der Waals surface area contributed by atoms with Crippen LogP contribution in [0.25, 0.3) is 10.9 Å². The number of aliphatic imine (C=N–C) groups is 1. The topological polar surface area (TPSA) is 37.3 Å². The van der Waals surface area contributed by atoms with Crippen molar-refractivity contribution in [2.75, 3.05) is 11.9 Å². The summed E-state index contributed by atoms with van der Waals surface area (Å²) in [6.07, 6.45) is 4.53. The van der Waals surface area contributed by atoms with Crippen LogP contribution in [0, 0.1) is 5.92 Å². The quantitative estimate of drug-likeness (QED) is 0.904. The second-order valence-electron chi connectivity index (χ2n) is 5.26. The maximum Gasteiger partial charge on any atom is 0.161 e. The van der Waals surface area contributed by atoms with Gasteiger partial charge in [-0.25, -0.2) is 0 Å². The first kappa shape index (κ1) is 12.5. The third-order valence-corrected chi connectivity index (χ3v) is 5.40. The van der Waals surface area contributed by atoms with E-state index in [1.165, 1.54) is 12.8 Å². The molecule has 2 aliphatic rings. The van der Waals surface area contributed by atoms with Gasteiger partial charge in [-0.05, 0) is 43.0 Å². The van der Waals surface area contributed by atoms with Crippen molar-refractivity contribution >= 4 is 45.1 Å². The van der Waals surface area contributed by atoms with E-state index < -0.39 is 0 Å². The van der Waals surface area contributed by atoms with Gasteiger partial charge in [0.15, 0.2) is 5.17 Å². The number of rotatable bonds is 2. The summed E-state index contributed by atoms with van der Waals surface area (Å²) in [7, 11) is 0. The molecule has 0 bridgehead atoms. The molecule has 0 amide bonds. The van der Waals surface area contributed by atoms with E-state index in [0.29, 0.717) is 5.25 Å². The van der Waals surface area contributed by atoms with Crippen molar-refractivity contribution in [1.82, 2.24) is 4.98 Å². The van der Waals surface area contributed by atoms with Gasteiger partial charge in [0.25, 0.3) is 0 Å². The highest BCUT2D eigenvalue weighted by molar-refractivity contribution is 8.15. The predicted molar refractivity (Wildman–Crippen MR) is 86.8 cm³/mol. The highest BCUT2D eigenvalue weighted by Crippen LogP contribution is 2.42. The van der Waals surface area contributed by atoms with Gasteiger partial charge in [0.2, 0.25) is 0 Å². The minimum absolute atomic E-state index is 0.670. The van der Waals surface area contributed by atoms with E-state index in [9.17, 15) is 0 Å². The summed E-state index contributed by atoms with van der Waals surface area (Å²) in [5.74, 6) is 0.878. The van der Waals surface area contributed by atoms with E-state index in [1.54, 1.807) is 6.20 Å². The number of thioether (sulfide) groups is 1. The lowest BCUT2D eigenvalue weighted by atomic mass is 10.2. The molecule has 2 aromatic rings. The van der Waals surface area contributed by atoms with Crippen molar-refractivity contribution in [3.05, 3.63) is 35.5 Å². The van der Waals surface area contributed by atoms with E-state index in [1.807, 2.05) is 36.0 Å².